The minimum Gasteiger partial charge on any atom is -0.342 e. The number of nitrogens with two attached hydrogens (primary N) is 1. The van der Waals surface area contributed by atoms with Gasteiger partial charge in [0.1, 0.15) is 6.33 Å². The quantitative estimate of drug-likeness (QED) is 0.849. The van der Waals surface area contributed by atoms with E-state index in [-0.39, 0.29) is 11.9 Å². The van der Waals surface area contributed by atoms with E-state index in [1.54, 1.807) is 23.0 Å². The van der Waals surface area contributed by atoms with Gasteiger partial charge in [0.15, 0.2) is 5.82 Å². The molecule has 0 saturated heterocycles. The number of benzene rings is 1. The van der Waals surface area contributed by atoms with Crippen molar-refractivity contribution >= 4 is 5.91 Å². The summed E-state index contributed by atoms with van der Waals surface area (Å²) in [6.07, 6.45) is 1.61. The van der Waals surface area contributed by atoms with Gasteiger partial charge in [-0.1, -0.05) is 12.1 Å². The first kappa shape index (κ1) is 13.2. The second-order valence-corrected chi connectivity index (χ2v) is 4.40. The van der Waals surface area contributed by atoms with Gasteiger partial charge in [0, 0.05) is 19.2 Å². The van der Waals surface area contributed by atoms with Gasteiger partial charge in [-0.15, -0.1) is 10.2 Å². The van der Waals surface area contributed by atoms with E-state index < -0.39 is 0 Å². The lowest BCUT2D eigenvalue weighted by atomic mass is 10.1. The van der Waals surface area contributed by atoms with Crippen molar-refractivity contribution in [2.75, 3.05) is 0 Å². The van der Waals surface area contributed by atoms with Crippen LogP contribution in [0.4, 0.5) is 0 Å². The summed E-state index contributed by atoms with van der Waals surface area (Å²) in [4.78, 5) is 12.1. The molecular formula is C13H17N5O. The van der Waals surface area contributed by atoms with Crippen LogP contribution < -0.4 is 11.1 Å². The average Bonchev–Trinajstić information content (AvgIpc) is 2.85. The minimum atomic E-state index is -0.200. The van der Waals surface area contributed by atoms with Gasteiger partial charge < -0.3 is 15.6 Å². The first-order valence-electron chi connectivity index (χ1n) is 6.05. The Morgan fingerprint density at radius 2 is 2.11 bits per heavy atom. The van der Waals surface area contributed by atoms with E-state index in [1.165, 1.54) is 0 Å². The number of rotatable bonds is 4. The minimum absolute atomic E-state index is 0.140. The van der Waals surface area contributed by atoms with Crippen LogP contribution in [0.15, 0.2) is 30.6 Å². The Morgan fingerprint density at radius 3 is 2.63 bits per heavy atom. The molecular weight excluding hydrogens is 242 g/mol. The van der Waals surface area contributed by atoms with E-state index in [0.717, 1.165) is 5.56 Å². The Morgan fingerprint density at radius 1 is 1.42 bits per heavy atom. The summed E-state index contributed by atoms with van der Waals surface area (Å²) in [5, 5.41) is 10.6. The molecule has 6 nitrogen and oxygen atoms in total. The maximum absolute atomic E-state index is 12.1. The Kier molecular flexibility index (Phi) is 3.91. The predicted octanol–water partition coefficient (Wildman–Crippen LogP) is 0.765. The van der Waals surface area contributed by atoms with Gasteiger partial charge >= 0.3 is 0 Å². The molecule has 1 unspecified atom stereocenters. The van der Waals surface area contributed by atoms with Crippen LogP contribution >= 0.6 is 0 Å². The summed E-state index contributed by atoms with van der Waals surface area (Å²) in [6.45, 7) is 2.34. The van der Waals surface area contributed by atoms with E-state index in [2.05, 4.69) is 15.5 Å². The molecule has 0 aliphatic carbocycles. The zero-order chi connectivity index (χ0) is 13.8. The van der Waals surface area contributed by atoms with Gasteiger partial charge in [0.05, 0.1) is 6.04 Å². The number of aromatic nitrogens is 3. The summed E-state index contributed by atoms with van der Waals surface area (Å²) < 4.78 is 1.78. The fourth-order valence-electron chi connectivity index (χ4n) is 1.82. The molecule has 0 fully saturated rings. The van der Waals surface area contributed by atoms with Gasteiger partial charge in [0.2, 0.25) is 0 Å². The second-order valence-electron chi connectivity index (χ2n) is 4.40. The monoisotopic (exact) mass is 259 g/mol. The summed E-state index contributed by atoms with van der Waals surface area (Å²) in [7, 11) is 1.84. The highest BCUT2D eigenvalue weighted by molar-refractivity contribution is 5.94. The smallest absolute Gasteiger partial charge is 0.251 e. The van der Waals surface area contributed by atoms with E-state index in [9.17, 15) is 4.79 Å². The van der Waals surface area contributed by atoms with E-state index >= 15 is 0 Å². The summed E-state index contributed by atoms with van der Waals surface area (Å²) in [6, 6.07) is 7.03. The molecule has 0 radical (unpaired) electrons. The third kappa shape index (κ3) is 2.97. The van der Waals surface area contributed by atoms with Crippen LogP contribution in [-0.4, -0.2) is 20.7 Å². The van der Waals surface area contributed by atoms with Crippen molar-refractivity contribution in [2.45, 2.75) is 19.5 Å². The van der Waals surface area contributed by atoms with Crippen LogP contribution in [0.1, 0.15) is 34.7 Å². The van der Waals surface area contributed by atoms with Crippen molar-refractivity contribution < 1.29 is 4.79 Å². The maximum Gasteiger partial charge on any atom is 0.251 e. The second kappa shape index (κ2) is 5.62. The van der Waals surface area contributed by atoms with Gasteiger partial charge in [-0.25, -0.2) is 0 Å². The SMILES string of the molecule is CC(NC(=O)c1ccc(CN)cc1)c1nncn1C. The molecule has 2 rings (SSSR count). The maximum atomic E-state index is 12.1. The standard InChI is InChI=1S/C13H17N5O/c1-9(12-17-15-8-18(12)2)16-13(19)11-5-3-10(7-14)4-6-11/h3-6,8-9H,7,14H2,1-2H3,(H,16,19). The number of nitrogens with one attached hydrogen (secondary N) is 1. The number of nitrogens with zero attached hydrogens (tertiary/aromatic N) is 3. The fraction of sp³-hybridized carbons (Fsp3) is 0.308. The van der Waals surface area contributed by atoms with Crippen LogP contribution in [0.25, 0.3) is 0 Å². The van der Waals surface area contributed by atoms with E-state index in [0.29, 0.717) is 17.9 Å². The number of hydrogen-bond donors (Lipinski definition) is 2. The average molecular weight is 259 g/mol. The number of aryl methyl sites for hydroxylation is 1. The lowest BCUT2D eigenvalue weighted by molar-refractivity contribution is 0.0938. The molecule has 0 saturated carbocycles. The van der Waals surface area contributed by atoms with Crippen molar-refractivity contribution in [2.24, 2.45) is 12.8 Å². The molecule has 100 valence electrons. The molecule has 19 heavy (non-hydrogen) atoms. The highest BCUT2D eigenvalue weighted by Crippen LogP contribution is 2.10. The lowest BCUT2D eigenvalue weighted by Gasteiger charge is -2.13. The molecule has 3 N–H and O–H groups in total. The molecule has 0 aliphatic heterocycles. The van der Waals surface area contributed by atoms with Crippen molar-refractivity contribution in [3.05, 3.63) is 47.5 Å². The largest absolute Gasteiger partial charge is 0.342 e. The van der Waals surface area contributed by atoms with Gasteiger partial charge in [0.25, 0.3) is 5.91 Å². The highest BCUT2D eigenvalue weighted by atomic mass is 16.1. The summed E-state index contributed by atoms with van der Waals surface area (Å²) in [5.41, 5.74) is 7.12. The zero-order valence-corrected chi connectivity index (χ0v) is 11.0. The third-order valence-corrected chi connectivity index (χ3v) is 2.93. The third-order valence-electron chi connectivity index (χ3n) is 2.93. The first-order chi connectivity index (χ1) is 9.11. The number of carbonyl (C=O) groups excluding carboxylic acids is 1. The van der Waals surface area contributed by atoms with E-state index in [1.807, 2.05) is 26.1 Å². The molecule has 0 aliphatic rings. The molecule has 2 aromatic rings. The van der Waals surface area contributed by atoms with Crippen molar-refractivity contribution in [1.29, 1.82) is 0 Å². The number of amides is 1. The highest BCUT2D eigenvalue weighted by Gasteiger charge is 2.15. The van der Waals surface area contributed by atoms with Crippen LogP contribution in [0.2, 0.25) is 0 Å². The van der Waals surface area contributed by atoms with Crippen LogP contribution in [0.3, 0.4) is 0 Å². The Bertz CT molecular complexity index is 561. The first-order valence-corrected chi connectivity index (χ1v) is 6.05. The Balaban J connectivity index is 2.06. The van der Waals surface area contributed by atoms with E-state index in [4.69, 9.17) is 5.73 Å². The molecule has 1 heterocycles. The van der Waals surface area contributed by atoms with Gasteiger partial charge in [-0.2, -0.15) is 0 Å². The molecule has 1 aromatic heterocycles. The van der Waals surface area contributed by atoms with Crippen molar-refractivity contribution in [3.8, 4) is 0 Å². The van der Waals surface area contributed by atoms with Gasteiger partial charge in [-0.3, -0.25) is 4.79 Å². The summed E-state index contributed by atoms with van der Waals surface area (Å²) >= 11 is 0. The molecule has 1 amide bonds. The van der Waals surface area contributed by atoms with Gasteiger partial charge in [-0.05, 0) is 24.6 Å². The molecule has 6 heteroatoms. The topological polar surface area (TPSA) is 85.8 Å². The molecule has 1 aromatic carbocycles. The molecule has 1 atom stereocenters. The van der Waals surface area contributed by atoms with Crippen molar-refractivity contribution in [1.82, 2.24) is 20.1 Å². The van der Waals surface area contributed by atoms with Crippen LogP contribution in [0, 0.1) is 0 Å². The van der Waals surface area contributed by atoms with Crippen molar-refractivity contribution in [3.63, 3.8) is 0 Å². The predicted molar refractivity (Wildman–Crippen MR) is 71.2 cm³/mol. The molecule has 0 bridgehead atoms. The number of carbonyl (C=O) groups is 1. The Hall–Kier alpha value is -2.21. The number of hydrogen-bond acceptors (Lipinski definition) is 4. The molecule has 0 spiro atoms. The van der Waals surface area contributed by atoms with Crippen LogP contribution in [-0.2, 0) is 13.6 Å². The zero-order valence-electron chi connectivity index (χ0n) is 11.0. The normalized spacial score (nSPS) is 12.2. The fourth-order valence-corrected chi connectivity index (χ4v) is 1.82. The Labute approximate surface area is 111 Å². The van der Waals surface area contributed by atoms with Crippen LogP contribution in [0.5, 0.6) is 0 Å². The summed E-state index contributed by atoms with van der Waals surface area (Å²) in [5.74, 6) is 0.575. The lowest BCUT2D eigenvalue weighted by Crippen LogP contribution is -2.28.